The zero-order valence-corrected chi connectivity index (χ0v) is 18.3. The number of carbonyl (C=O) groups is 2. The van der Waals surface area contributed by atoms with E-state index in [1.54, 1.807) is 43.2 Å². The number of ether oxygens (including phenoxy) is 2. The molecule has 0 aliphatic carbocycles. The number of hydrogen-bond acceptors (Lipinski definition) is 4. The van der Waals surface area contributed by atoms with Gasteiger partial charge < -0.3 is 19.7 Å². The van der Waals surface area contributed by atoms with E-state index in [4.69, 9.17) is 9.47 Å². The van der Waals surface area contributed by atoms with E-state index in [1.807, 2.05) is 31.2 Å². The SMILES string of the molecule is CCCCNC(=O)[C@H](C)N(Cc1cccc(C)c1)C(=O)COc1ccc(OC)cc1. The van der Waals surface area contributed by atoms with Crippen molar-refractivity contribution in [1.29, 1.82) is 0 Å². The van der Waals surface area contributed by atoms with Gasteiger partial charge in [-0.2, -0.15) is 0 Å². The van der Waals surface area contributed by atoms with Gasteiger partial charge in [0.15, 0.2) is 6.61 Å². The molecule has 1 N–H and O–H groups in total. The van der Waals surface area contributed by atoms with E-state index < -0.39 is 6.04 Å². The molecule has 6 heteroatoms. The molecule has 0 bridgehead atoms. The molecule has 2 aromatic rings. The van der Waals surface area contributed by atoms with Crippen molar-refractivity contribution in [2.45, 2.75) is 46.2 Å². The molecule has 0 unspecified atom stereocenters. The first-order valence-corrected chi connectivity index (χ1v) is 10.3. The molecule has 0 aliphatic heterocycles. The van der Waals surface area contributed by atoms with Gasteiger partial charge >= 0.3 is 0 Å². The van der Waals surface area contributed by atoms with Crippen LogP contribution in [0.2, 0.25) is 0 Å². The van der Waals surface area contributed by atoms with E-state index in [1.165, 1.54) is 0 Å². The highest BCUT2D eigenvalue weighted by Gasteiger charge is 2.26. The van der Waals surface area contributed by atoms with Crippen molar-refractivity contribution in [2.75, 3.05) is 20.3 Å². The van der Waals surface area contributed by atoms with Gasteiger partial charge in [0.1, 0.15) is 17.5 Å². The van der Waals surface area contributed by atoms with Crippen molar-refractivity contribution in [3.8, 4) is 11.5 Å². The summed E-state index contributed by atoms with van der Waals surface area (Å²) in [4.78, 5) is 27.2. The molecule has 0 radical (unpaired) electrons. The Hall–Kier alpha value is -3.02. The predicted molar refractivity (Wildman–Crippen MR) is 118 cm³/mol. The molecule has 0 heterocycles. The Morgan fingerprint density at radius 2 is 1.80 bits per heavy atom. The lowest BCUT2D eigenvalue weighted by Gasteiger charge is -2.29. The number of unbranched alkanes of at least 4 members (excludes halogenated alkanes) is 1. The predicted octanol–water partition coefficient (Wildman–Crippen LogP) is 3.72. The van der Waals surface area contributed by atoms with Gasteiger partial charge in [-0.05, 0) is 50.1 Å². The molecule has 0 aliphatic rings. The zero-order valence-electron chi connectivity index (χ0n) is 18.3. The summed E-state index contributed by atoms with van der Waals surface area (Å²) >= 11 is 0. The fraction of sp³-hybridized carbons (Fsp3) is 0.417. The van der Waals surface area contributed by atoms with Crippen LogP contribution in [0.4, 0.5) is 0 Å². The summed E-state index contributed by atoms with van der Waals surface area (Å²) < 4.78 is 10.8. The van der Waals surface area contributed by atoms with Crippen molar-refractivity contribution < 1.29 is 19.1 Å². The second-order valence-electron chi connectivity index (χ2n) is 7.30. The number of rotatable bonds is 11. The third-order valence-electron chi connectivity index (χ3n) is 4.85. The molecule has 2 aromatic carbocycles. The van der Waals surface area contributed by atoms with Gasteiger partial charge in [0, 0.05) is 13.1 Å². The average Bonchev–Trinajstić information content (AvgIpc) is 2.75. The van der Waals surface area contributed by atoms with Crippen LogP contribution in [-0.2, 0) is 16.1 Å². The van der Waals surface area contributed by atoms with Gasteiger partial charge in [-0.25, -0.2) is 0 Å². The minimum absolute atomic E-state index is 0.148. The average molecular weight is 413 g/mol. The summed E-state index contributed by atoms with van der Waals surface area (Å²) in [7, 11) is 1.59. The van der Waals surface area contributed by atoms with E-state index in [9.17, 15) is 9.59 Å². The molecule has 0 saturated heterocycles. The highest BCUT2D eigenvalue weighted by Crippen LogP contribution is 2.18. The maximum absolute atomic E-state index is 13.0. The van der Waals surface area contributed by atoms with E-state index in [2.05, 4.69) is 12.2 Å². The molecular formula is C24H32N2O4. The second kappa shape index (κ2) is 11.9. The third-order valence-corrected chi connectivity index (χ3v) is 4.85. The maximum atomic E-state index is 13.0. The van der Waals surface area contributed by atoms with Gasteiger partial charge in [0.2, 0.25) is 5.91 Å². The van der Waals surface area contributed by atoms with Crippen LogP contribution in [0.1, 0.15) is 37.8 Å². The Balaban J connectivity index is 2.09. The number of amides is 2. The summed E-state index contributed by atoms with van der Waals surface area (Å²) in [6.45, 7) is 6.62. The molecule has 0 fully saturated rings. The number of carbonyl (C=O) groups excluding carboxylic acids is 2. The Morgan fingerprint density at radius 3 is 2.43 bits per heavy atom. The monoisotopic (exact) mass is 412 g/mol. The first kappa shape index (κ1) is 23.3. The highest BCUT2D eigenvalue weighted by atomic mass is 16.5. The van der Waals surface area contributed by atoms with Crippen molar-refractivity contribution in [3.05, 3.63) is 59.7 Å². The van der Waals surface area contributed by atoms with Crippen molar-refractivity contribution in [2.24, 2.45) is 0 Å². The van der Waals surface area contributed by atoms with E-state index >= 15 is 0 Å². The Morgan fingerprint density at radius 1 is 1.10 bits per heavy atom. The molecule has 30 heavy (non-hydrogen) atoms. The van der Waals surface area contributed by atoms with Crippen LogP contribution in [0.3, 0.4) is 0 Å². The Kier molecular flexibility index (Phi) is 9.19. The van der Waals surface area contributed by atoms with Crippen LogP contribution >= 0.6 is 0 Å². The van der Waals surface area contributed by atoms with Crippen LogP contribution in [0.5, 0.6) is 11.5 Å². The van der Waals surface area contributed by atoms with Gasteiger partial charge in [-0.1, -0.05) is 43.2 Å². The smallest absolute Gasteiger partial charge is 0.261 e. The van der Waals surface area contributed by atoms with Crippen LogP contribution in [0.15, 0.2) is 48.5 Å². The van der Waals surface area contributed by atoms with Crippen LogP contribution in [0.25, 0.3) is 0 Å². The van der Waals surface area contributed by atoms with Gasteiger partial charge in [0.25, 0.3) is 5.91 Å². The van der Waals surface area contributed by atoms with Crippen molar-refractivity contribution in [1.82, 2.24) is 10.2 Å². The van der Waals surface area contributed by atoms with Crippen molar-refractivity contribution in [3.63, 3.8) is 0 Å². The van der Waals surface area contributed by atoms with Crippen molar-refractivity contribution >= 4 is 11.8 Å². The summed E-state index contributed by atoms with van der Waals surface area (Å²) in [5.41, 5.74) is 2.08. The summed E-state index contributed by atoms with van der Waals surface area (Å²) in [5, 5.41) is 2.91. The number of aryl methyl sites for hydroxylation is 1. The lowest BCUT2D eigenvalue weighted by atomic mass is 10.1. The lowest BCUT2D eigenvalue weighted by Crippen LogP contribution is -2.49. The fourth-order valence-electron chi connectivity index (χ4n) is 3.03. The van der Waals surface area contributed by atoms with E-state index in [0.29, 0.717) is 24.6 Å². The normalized spacial score (nSPS) is 11.5. The molecule has 6 nitrogen and oxygen atoms in total. The second-order valence-corrected chi connectivity index (χ2v) is 7.30. The van der Waals surface area contributed by atoms with Gasteiger partial charge in [-0.3, -0.25) is 9.59 Å². The summed E-state index contributed by atoms with van der Waals surface area (Å²) in [6.07, 6.45) is 1.90. The maximum Gasteiger partial charge on any atom is 0.261 e. The number of hydrogen-bond donors (Lipinski definition) is 1. The summed E-state index contributed by atoms with van der Waals surface area (Å²) in [6, 6.07) is 14.4. The van der Waals surface area contributed by atoms with Gasteiger partial charge in [0.05, 0.1) is 7.11 Å². The number of methoxy groups -OCH3 is 1. The Bertz CT molecular complexity index is 820. The van der Waals surface area contributed by atoms with Gasteiger partial charge in [-0.15, -0.1) is 0 Å². The Labute approximate surface area is 179 Å². The molecule has 2 rings (SSSR count). The first-order chi connectivity index (χ1) is 14.4. The minimum atomic E-state index is -0.602. The molecule has 1 atom stereocenters. The quantitative estimate of drug-likeness (QED) is 0.571. The molecule has 0 spiro atoms. The van der Waals surface area contributed by atoms with E-state index in [0.717, 1.165) is 24.0 Å². The first-order valence-electron chi connectivity index (χ1n) is 10.3. The van der Waals surface area contributed by atoms with Crippen LogP contribution < -0.4 is 14.8 Å². The zero-order chi connectivity index (χ0) is 21.9. The third kappa shape index (κ3) is 7.10. The molecule has 2 amide bonds. The number of nitrogens with one attached hydrogen (secondary N) is 1. The lowest BCUT2D eigenvalue weighted by molar-refractivity contribution is -0.142. The molecule has 0 aromatic heterocycles. The number of benzene rings is 2. The molecule has 162 valence electrons. The summed E-state index contributed by atoms with van der Waals surface area (Å²) in [5.74, 6) is 0.881. The minimum Gasteiger partial charge on any atom is -0.497 e. The van der Waals surface area contributed by atoms with Crippen LogP contribution in [0, 0.1) is 6.92 Å². The molecule has 0 saturated carbocycles. The topological polar surface area (TPSA) is 67.9 Å². The van der Waals surface area contributed by atoms with E-state index in [-0.39, 0.29) is 18.4 Å². The standard InChI is InChI=1S/C24H32N2O4/c1-5-6-14-25-24(28)19(3)26(16-20-9-7-8-18(2)15-20)23(27)17-30-22-12-10-21(29-4)11-13-22/h7-13,15,19H,5-6,14,16-17H2,1-4H3,(H,25,28)/t19-/m0/s1. The largest absolute Gasteiger partial charge is 0.497 e. The highest BCUT2D eigenvalue weighted by molar-refractivity contribution is 5.87. The number of nitrogens with zero attached hydrogens (tertiary/aromatic N) is 1. The fourth-order valence-corrected chi connectivity index (χ4v) is 3.03. The molecular weight excluding hydrogens is 380 g/mol. The van der Waals surface area contributed by atoms with Crippen LogP contribution in [-0.4, -0.2) is 43.0 Å².